The van der Waals surface area contributed by atoms with Crippen LogP contribution in [0, 0.1) is 11.8 Å². The summed E-state index contributed by atoms with van der Waals surface area (Å²) in [7, 11) is 0. The lowest BCUT2D eigenvalue weighted by Crippen LogP contribution is -2.37. The highest BCUT2D eigenvalue weighted by molar-refractivity contribution is 5.67. The molecule has 30 heavy (non-hydrogen) atoms. The summed E-state index contributed by atoms with van der Waals surface area (Å²) in [6.07, 6.45) is -2.14. The highest BCUT2D eigenvalue weighted by atomic mass is 16.6. The van der Waals surface area contributed by atoms with Gasteiger partial charge < -0.3 is 34.5 Å². The number of aliphatic hydroxyl groups excluding tert-OH is 2. The van der Waals surface area contributed by atoms with Gasteiger partial charge in [0.1, 0.15) is 18.8 Å². The predicted octanol–water partition coefficient (Wildman–Crippen LogP) is 1.88. The van der Waals surface area contributed by atoms with Crippen LogP contribution in [-0.4, -0.2) is 79.2 Å². The lowest BCUT2D eigenvalue weighted by molar-refractivity contribution is -0.154. The number of nitrogens with one attached hydrogen (secondary N) is 1. The van der Waals surface area contributed by atoms with Crippen LogP contribution in [0.15, 0.2) is 0 Å². The number of aliphatic hydroxyl groups is 2. The Morgan fingerprint density at radius 1 is 1.07 bits per heavy atom. The fraction of sp³-hybridized carbons (Fsp3) is 0.905. The molecule has 0 aliphatic heterocycles. The van der Waals surface area contributed by atoms with Crippen LogP contribution in [0.1, 0.15) is 54.9 Å². The lowest BCUT2D eigenvalue weighted by atomic mass is 9.98. The molecule has 0 radical (unpaired) electrons. The summed E-state index contributed by atoms with van der Waals surface area (Å²) in [5.74, 6) is 0.327. The second-order valence-electron chi connectivity index (χ2n) is 8.69. The van der Waals surface area contributed by atoms with Crippen LogP contribution in [0.3, 0.4) is 0 Å². The largest absolute Gasteiger partial charge is 0.460 e. The molecule has 0 aromatic heterocycles. The first-order valence-electron chi connectivity index (χ1n) is 10.5. The second kappa shape index (κ2) is 14.6. The third-order valence-corrected chi connectivity index (χ3v) is 4.65. The molecule has 0 rings (SSSR count). The van der Waals surface area contributed by atoms with E-state index in [0.29, 0.717) is 24.8 Å². The van der Waals surface area contributed by atoms with Gasteiger partial charge in [-0.2, -0.15) is 0 Å². The molecular formula is C21H41NO8. The van der Waals surface area contributed by atoms with Crippen LogP contribution in [0.5, 0.6) is 0 Å². The van der Waals surface area contributed by atoms with E-state index < -0.39 is 29.9 Å². The molecule has 0 bridgehead atoms. The highest BCUT2D eigenvalue weighted by Crippen LogP contribution is 2.19. The van der Waals surface area contributed by atoms with Crippen molar-refractivity contribution in [3.8, 4) is 0 Å². The van der Waals surface area contributed by atoms with Crippen molar-refractivity contribution in [3.63, 3.8) is 0 Å². The fourth-order valence-electron chi connectivity index (χ4n) is 2.40. The van der Waals surface area contributed by atoms with Gasteiger partial charge in [-0.05, 0) is 32.6 Å². The lowest BCUT2D eigenvalue weighted by Gasteiger charge is -2.30. The quantitative estimate of drug-likeness (QED) is 0.333. The minimum absolute atomic E-state index is 0.00660. The Morgan fingerprint density at radius 3 is 2.23 bits per heavy atom. The molecule has 4 atom stereocenters. The molecule has 0 heterocycles. The number of hydrogen-bond acceptors (Lipinski definition) is 8. The SMILES string of the molecule is CC(=O)OC(CO)CC(C)(C)OCC(C)OCC(O)COC(=O)NCC(C)C(C)C. The van der Waals surface area contributed by atoms with Crippen LogP contribution in [0.25, 0.3) is 0 Å². The maximum atomic E-state index is 11.7. The van der Waals surface area contributed by atoms with Crippen molar-refractivity contribution in [2.45, 2.75) is 78.8 Å². The first-order valence-corrected chi connectivity index (χ1v) is 10.5. The summed E-state index contributed by atoms with van der Waals surface area (Å²) in [5.41, 5.74) is -0.645. The van der Waals surface area contributed by atoms with E-state index >= 15 is 0 Å². The minimum Gasteiger partial charge on any atom is -0.460 e. The third kappa shape index (κ3) is 14.5. The van der Waals surface area contributed by atoms with E-state index in [1.54, 1.807) is 6.92 Å². The molecule has 9 heteroatoms. The van der Waals surface area contributed by atoms with E-state index in [1.807, 2.05) is 20.8 Å². The zero-order valence-electron chi connectivity index (χ0n) is 19.5. The Balaban J connectivity index is 4.09. The number of alkyl carbamates (subject to hydrolysis) is 1. The van der Waals surface area contributed by atoms with Gasteiger partial charge in [0.2, 0.25) is 0 Å². The average Bonchev–Trinajstić information content (AvgIpc) is 2.65. The highest BCUT2D eigenvalue weighted by Gasteiger charge is 2.26. The Hall–Kier alpha value is -1.42. The Morgan fingerprint density at radius 2 is 1.70 bits per heavy atom. The number of hydrogen-bond donors (Lipinski definition) is 3. The summed E-state index contributed by atoms with van der Waals surface area (Å²) in [6, 6.07) is 0. The zero-order chi connectivity index (χ0) is 23.3. The summed E-state index contributed by atoms with van der Waals surface area (Å²) in [6.45, 7) is 13.2. The molecule has 0 aromatic rings. The fourth-order valence-corrected chi connectivity index (χ4v) is 2.40. The molecule has 0 spiro atoms. The van der Waals surface area contributed by atoms with Crippen molar-refractivity contribution in [2.75, 3.05) is 33.0 Å². The number of esters is 1. The molecule has 1 amide bonds. The molecule has 4 unspecified atom stereocenters. The molecule has 0 saturated heterocycles. The summed E-state index contributed by atoms with van der Waals surface area (Å²) in [5, 5.41) is 21.9. The van der Waals surface area contributed by atoms with Crippen LogP contribution in [0.2, 0.25) is 0 Å². The maximum absolute atomic E-state index is 11.7. The smallest absolute Gasteiger partial charge is 0.407 e. The van der Waals surface area contributed by atoms with E-state index in [1.165, 1.54) is 6.92 Å². The number of amides is 1. The van der Waals surface area contributed by atoms with E-state index in [9.17, 15) is 19.8 Å². The van der Waals surface area contributed by atoms with Crippen LogP contribution in [-0.2, 0) is 23.7 Å². The van der Waals surface area contributed by atoms with Gasteiger partial charge >= 0.3 is 12.1 Å². The van der Waals surface area contributed by atoms with Gasteiger partial charge in [0.15, 0.2) is 0 Å². The maximum Gasteiger partial charge on any atom is 0.407 e. The summed E-state index contributed by atoms with van der Waals surface area (Å²) < 4.78 is 21.4. The normalized spacial score (nSPS) is 15.9. The van der Waals surface area contributed by atoms with Crippen molar-refractivity contribution in [1.82, 2.24) is 5.32 Å². The monoisotopic (exact) mass is 435 g/mol. The van der Waals surface area contributed by atoms with Crippen LogP contribution < -0.4 is 5.32 Å². The van der Waals surface area contributed by atoms with Crippen molar-refractivity contribution >= 4 is 12.1 Å². The second-order valence-corrected chi connectivity index (χ2v) is 8.69. The van der Waals surface area contributed by atoms with E-state index in [-0.39, 0.29) is 32.5 Å². The van der Waals surface area contributed by atoms with E-state index in [2.05, 4.69) is 19.2 Å². The van der Waals surface area contributed by atoms with Gasteiger partial charge in [0, 0.05) is 19.9 Å². The van der Waals surface area contributed by atoms with Crippen molar-refractivity contribution in [2.24, 2.45) is 11.8 Å². The Bertz CT molecular complexity index is 497. The molecule has 0 aliphatic rings. The standard InChI is InChI=1S/C21H41NO8/c1-14(2)15(3)9-22-20(26)28-13-18(25)12-27-16(4)11-29-21(6,7)8-19(10-23)30-17(5)24/h14-16,18-19,23,25H,8-13H2,1-7H3,(H,22,26). The van der Waals surface area contributed by atoms with Gasteiger partial charge in [-0.1, -0.05) is 20.8 Å². The number of carbonyl (C=O) groups excluding carboxylic acids is 2. The summed E-state index contributed by atoms with van der Waals surface area (Å²) in [4.78, 5) is 22.7. The van der Waals surface area contributed by atoms with Gasteiger partial charge in [0.25, 0.3) is 0 Å². The molecular weight excluding hydrogens is 394 g/mol. The summed E-state index contributed by atoms with van der Waals surface area (Å²) >= 11 is 0. The first kappa shape index (κ1) is 28.6. The molecule has 0 fully saturated rings. The number of rotatable bonds is 15. The molecule has 9 nitrogen and oxygen atoms in total. The van der Waals surface area contributed by atoms with Crippen molar-refractivity contribution in [1.29, 1.82) is 0 Å². The average molecular weight is 436 g/mol. The third-order valence-electron chi connectivity index (χ3n) is 4.65. The van der Waals surface area contributed by atoms with Crippen molar-refractivity contribution in [3.05, 3.63) is 0 Å². The topological polar surface area (TPSA) is 124 Å². The van der Waals surface area contributed by atoms with Crippen LogP contribution in [0.4, 0.5) is 4.79 Å². The van der Waals surface area contributed by atoms with Gasteiger partial charge in [0.05, 0.1) is 31.5 Å². The van der Waals surface area contributed by atoms with E-state index in [0.717, 1.165) is 0 Å². The molecule has 178 valence electrons. The predicted molar refractivity (Wildman–Crippen MR) is 112 cm³/mol. The number of carbonyl (C=O) groups is 2. The molecule has 3 N–H and O–H groups in total. The zero-order valence-corrected chi connectivity index (χ0v) is 19.5. The van der Waals surface area contributed by atoms with Gasteiger partial charge in [-0.15, -0.1) is 0 Å². The van der Waals surface area contributed by atoms with Crippen LogP contribution >= 0.6 is 0 Å². The van der Waals surface area contributed by atoms with E-state index in [4.69, 9.17) is 18.9 Å². The Kier molecular flexibility index (Phi) is 13.9. The molecule has 0 saturated carbocycles. The number of ether oxygens (including phenoxy) is 4. The molecule has 0 aromatic carbocycles. The first-order chi connectivity index (χ1) is 13.9. The molecule has 0 aliphatic carbocycles. The Labute approximate surface area is 180 Å². The van der Waals surface area contributed by atoms with Gasteiger partial charge in [-0.25, -0.2) is 4.79 Å². The van der Waals surface area contributed by atoms with Gasteiger partial charge in [-0.3, -0.25) is 4.79 Å². The minimum atomic E-state index is -0.948. The van der Waals surface area contributed by atoms with Crippen molar-refractivity contribution < 1.29 is 38.7 Å².